The van der Waals surface area contributed by atoms with Crippen molar-refractivity contribution in [1.29, 1.82) is 0 Å². The van der Waals surface area contributed by atoms with E-state index in [1.807, 2.05) is 43.3 Å². The monoisotopic (exact) mass is 320 g/mol. The van der Waals surface area contributed by atoms with Gasteiger partial charge in [-0.1, -0.05) is 35.3 Å². The number of fused-ring (bicyclic) bond motifs is 1. The highest BCUT2D eigenvalue weighted by Crippen LogP contribution is 2.32. The maximum atomic E-state index is 6.19. The van der Waals surface area contributed by atoms with Crippen LogP contribution in [0.25, 0.3) is 11.0 Å². The number of nitrogens with two attached hydrogens (primary N) is 1. The number of hydrazine groups is 1. The van der Waals surface area contributed by atoms with E-state index >= 15 is 0 Å². The van der Waals surface area contributed by atoms with Gasteiger partial charge in [0.1, 0.15) is 17.4 Å². The Labute approximate surface area is 132 Å². The summed E-state index contributed by atoms with van der Waals surface area (Å²) in [6.07, 6.45) is 0. The summed E-state index contributed by atoms with van der Waals surface area (Å²) in [5.74, 6) is 6.45. The van der Waals surface area contributed by atoms with Crippen LogP contribution in [-0.2, 0) is 0 Å². The average Bonchev–Trinajstić information content (AvgIpc) is 2.87. The molecule has 0 aliphatic heterocycles. The molecule has 3 nitrogen and oxygen atoms in total. The lowest BCUT2D eigenvalue weighted by atomic mass is 9.99. The first-order chi connectivity index (χ1) is 10.1. The molecule has 3 aromatic rings. The second-order valence-electron chi connectivity index (χ2n) is 4.88. The van der Waals surface area contributed by atoms with Crippen LogP contribution in [0.3, 0.4) is 0 Å². The third-order valence-electron chi connectivity index (χ3n) is 3.57. The molecule has 1 atom stereocenters. The van der Waals surface area contributed by atoms with E-state index in [1.165, 1.54) is 0 Å². The van der Waals surface area contributed by atoms with E-state index in [1.54, 1.807) is 6.07 Å². The molecule has 0 spiro atoms. The lowest BCUT2D eigenvalue weighted by Crippen LogP contribution is -2.29. The summed E-state index contributed by atoms with van der Waals surface area (Å²) in [6.45, 7) is 1.96. The van der Waals surface area contributed by atoms with Gasteiger partial charge >= 0.3 is 0 Å². The zero-order valence-electron chi connectivity index (χ0n) is 11.4. The predicted molar refractivity (Wildman–Crippen MR) is 86.6 cm³/mol. The van der Waals surface area contributed by atoms with Crippen molar-refractivity contribution in [1.82, 2.24) is 5.43 Å². The van der Waals surface area contributed by atoms with Crippen molar-refractivity contribution in [2.24, 2.45) is 5.84 Å². The number of nitrogens with one attached hydrogen (secondary N) is 1. The summed E-state index contributed by atoms with van der Waals surface area (Å²) in [5.41, 5.74) is 5.52. The minimum absolute atomic E-state index is 0.269. The molecule has 0 saturated carbocycles. The Morgan fingerprint density at radius 2 is 1.95 bits per heavy atom. The Hall–Kier alpha value is -1.52. The van der Waals surface area contributed by atoms with Gasteiger partial charge in [0.15, 0.2) is 0 Å². The highest BCUT2D eigenvalue weighted by atomic mass is 35.5. The van der Waals surface area contributed by atoms with Crippen LogP contribution < -0.4 is 11.3 Å². The second kappa shape index (κ2) is 5.70. The first-order valence-corrected chi connectivity index (χ1v) is 7.26. The minimum Gasteiger partial charge on any atom is -0.459 e. The molecule has 5 heteroatoms. The number of furan rings is 1. The van der Waals surface area contributed by atoms with Crippen LogP contribution in [0.2, 0.25) is 10.0 Å². The van der Waals surface area contributed by atoms with Crippen LogP contribution in [-0.4, -0.2) is 0 Å². The summed E-state index contributed by atoms with van der Waals surface area (Å²) in [6, 6.07) is 12.9. The van der Waals surface area contributed by atoms with E-state index in [2.05, 4.69) is 5.43 Å². The van der Waals surface area contributed by atoms with Crippen LogP contribution >= 0.6 is 23.2 Å². The first-order valence-electron chi connectivity index (χ1n) is 6.50. The van der Waals surface area contributed by atoms with Crippen molar-refractivity contribution in [2.75, 3.05) is 0 Å². The normalized spacial score (nSPS) is 12.8. The van der Waals surface area contributed by atoms with Gasteiger partial charge in [-0.25, -0.2) is 5.43 Å². The summed E-state index contributed by atoms with van der Waals surface area (Å²) in [7, 11) is 0. The molecule has 0 bridgehead atoms. The predicted octanol–water partition coefficient (Wildman–Crippen LogP) is 4.60. The molecule has 1 aromatic heterocycles. The molecule has 3 N–H and O–H groups in total. The fourth-order valence-corrected chi connectivity index (χ4v) is 2.80. The smallest absolute Gasteiger partial charge is 0.134 e. The summed E-state index contributed by atoms with van der Waals surface area (Å²) in [5, 5.41) is 2.32. The fraction of sp³-hybridized carbons (Fsp3) is 0.125. The third kappa shape index (κ3) is 2.65. The Morgan fingerprint density at radius 3 is 2.71 bits per heavy atom. The van der Waals surface area contributed by atoms with Gasteiger partial charge in [-0.05, 0) is 48.4 Å². The van der Waals surface area contributed by atoms with E-state index < -0.39 is 0 Å². The van der Waals surface area contributed by atoms with Crippen LogP contribution in [0.1, 0.15) is 22.9 Å². The van der Waals surface area contributed by atoms with Crippen LogP contribution in [0, 0.1) is 6.92 Å². The molecule has 0 amide bonds. The number of rotatable bonds is 3. The van der Waals surface area contributed by atoms with Crippen molar-refractivity contribution in [3.05, 3.63) is 69.4 Å². The quantitative estimate of drug-likeness (QED) is 0.547. The lowest BCUT2D eigenvalue weighted by Gasteiger charge is -2.16. The van der Waals surface area contributed by atoms with E-state index in [9.17, 15) is 0 Å². The molecule has 2 aromatic carbocycles. The van der Waals surface area contributed by atoms with Gasteiger partial charge in [0.05, 0.1) is 0 Å². The van der Waals surface area contributed by atoms with E-state index in [-0.39, 0.29) is 6.04 Å². The first kappa shape index (κ1) is 14.4. The molecule has 0 fully saturated rings. The summed E-state index contributed by atoms with van der Waals surface area (Å²) >= 11 is 12.2. The van der Waals surface area contributed by atoms with Crippen molar-refractivity contribution in [2.45, 2.75) is 13.0 Å². The molecule has 0 saturated heterocycles. The SMILES string of the molecule is Cc1c(Cl)cccc1C(NN)c1cc2cc(Cl)ccc2o1. The number of hydrogen-bond donors (Lipinski definition) is 2. The second-order valence-corrected chi connectivity index (χ2v) is 5.73. The van der Waals surface area contributed by atoms with Crippen molar-refractivity contribution < 1.29 is 4.42 Å². The van der Waals surface area contributed by atoms with Gasteiger partial charge in [0, 0.05) is 15.4 Å². The summed E-state index contributed by atoms with van der Waals surface area (Å²) in [4.78, 5) is 0. The zero-order valence-corrected chi connectivity index (χ0v) is 12.9. The highest BCUT2D eigenvalue weighted by molar-refractivity contribution is 6.31. The molecular formula is C16H14Cl2N2O. The van der Waals surface area contributed by atoms with Crippen molar-refractivity contribution >= 4 is 34.2 Å². The molecule has 3 rings (SSSR count). The van der Waals surface area contributed by atoms with Gasteiger partial charge in [-0.2, -0.15) is 0 Å². The molecule has 1 unspecified atom stereocenters. The van der Waals surface area contributed by atoms with E-state index in [4.69, 9.17) is 33.5 Å². The van der Waals surface area contributed by atoms with Crippen molar-refractivity contribution in [3.8, 4) is 0 Å². The van der Waals surface area contributed by atoms with E-state index in [0.29, 0.717) is 10.0 Å². The Balaban J connectivity index is 2.11. The topological polar surface area (TPSA) is 51.2 Å². The molecule has 0 aliphatic rings. The molecule has 1 heterocycles. The maximum Gasteiger partial charge on any atom is 0.134 e. The number of benzene rings is 2. The third-order valence-corrected chi connectivity index (χ3v) is 4.21. The Bertz CT molecular complexity index is 798. The lowest BCUT2D eigenvalue weighted by molar-refractivity contribution is 0.476. The summed E-state index contributed by atoms with van der Waals surface area (Å²) < 4.78 is 5.88. The van der Waals surface area contributed by atoms with Crippen LogP contribution in [0.5, 0.6) is 0 Å². The maximum absolute atomic E-state index is 6.19. The van der Waals surface area contributed by atoms with Crippen LogP contribution in [0.4, 0.5) is 0 Å². The standard InChI is InChI=1S/C16H14Cl2N2O/c1-9-12(3-2-4-13(9)18)16(20-19)15-8-10-7-11(17)5-6-14(10)21-15/h2-8,16,20H,19H2,1H3. The molecule has 0 radical (unpaired) electrons. The van der Waals surface area contributed by atoms with Gasteiger partial charge in [-0.15, -0.1) is 0 Å². The van der Waals surface area contributed by atoms with Gasteiger partial charge in [-0.3, -0.25) is 5.84 Å². The van der Waals surface area contributed by atoms with Gasteiger partial charge in [0.2, 0.25) is 0 Å². The molecule has 0 aliphatic carbocycles. The minimum atomic E-state index is -0.269. The highest BCUT2D eigenvalue weighted by Gasteiger charge is 2.20. The van der Waals surface area contributed by atoms with Crippen LogP contribution in [0.15, 0.2) is 46.9 Å². The molecular weight excluding hydrogens is 307 g/mol. The largest absolute Gasteiger partial charge is 0.459 e. The zero-order chi connectivity index (χ0) is 15.0. The van der Waals surface area contributed by atoms with Crippen molar-refractivity contribution in [3.63, 3.8) is 0 Å². The number of halogens is 2. The van der Waals surface area contributed by atoms with Gasteiger partial charge < -0.3 is 4.42 Å². The molecule has 108 valence electrons. The average molecular weight is 321 g/mol. The fourth-order valence-electron chi connectivity index (χ4n) is 2.44. The Kier molecular flexibility index (Phi) is 3.91. The molecule has 21 heavy (non-hydrogen) atoms. The number of hydrogen-bond acceptors (Lipinski definition) is 3. The van der Waals surface area contributed by atoms with E-state index in [0.717, 1.165) is 27.9 Å². The van der Waals surface area contributed by atoms with Gasteiger partial charge in [0.25, 0.3) is 0 Å². The Morgan fingerprint density at radius 1 is 1.14 bits per heavy atom.